The van der Waals surface area contributed by atoms with E-state index in [4.69, 9.17) is 13.6 Å². The molecular weight excluding hydrogens is 315 g/mol. The van der Waals surface area contributed by atoms with Gasteiger partial charge in [-0.1, -0.05) is 57.6 Å². The quantitative estimate of drug-likeness (QED) is 0.351. The molecule has 0 aliphatic carbocycles. The van der Waals surface area contributed by atoms with Crippen LogP contribution < -0.4 is 0 Å². The number of rotatable bonds is 10. The van der Waals surface area contributed by atoms with Gasteiger partial charge in [0.2, 0.25) is 0 Å². The molecule has 2 heterocycles. The fourth-order valence-corrected chi connectivity index (χ4v) is 4.59. The number of fused-ring (bicyclic) bond motifs is 2. The van der Waals surface area contributed by atoms with E-state index in [0.717, 1.165) is 51.4 Å². The van der Waals surface area contributed by atoms with Crippen molar-refractivity contribution in [3.05, 3.63) is 12.2 Å². The van der Waals surface area contributed by atoms with E-state index in [9.17, 15) is 9.67 Å². The Morgan fingerprint density at radius 1 is 1.17 bits per heavy atom. The highest BCUT2D eigenvalue weighted by Crippen LogP contribution is 2.57. The Labute approximate surface area is 140 Å². The van der Waals surface area contributed by atoms with Crippen molar-refractivity contribution < 1.29 is 23.2 Å². The highest BCUT2D eigenvalue weighted by molar-refractivity contribution is 7.48. The van der Waals surface area contributed by atoms with E-state index in [1.54, 1.807) is 0 Å². The van der Waals surface area contributed by atoms with Gasteiger partial charge >= 0.3 is 7.82 Å². The molecule has 134 valence electrons. The van der Waals surface area contributed by atoms with Gasteiger partial charge in [0.25, 0.3) is 0 Å². The lowest BCUT2D eigenvalue weighted by Crippen LogP contribution is -2.26. The molecule has 0 radical (unpaired) electrons. The largest absolute Gasteiger partial charge is 0.475 e. The summed E-state index contributed by atoms with van der Waals surface area (Å²) in [6, 6.07) is 0. The van der Waals surface area contributed by atoms with Gasteiger partial charge in [0.05, 0.1) is 24.9 Å². The predicted octanol–water partition coefficient (Wildman–Crippen LogP) is 4.75. The molecule has 2 aliphatic rings. The van der Waals surface area contributed by atoms with Crippen LogP contribution in [0.5, 0.6) is 0 Å². The third kappa shape index (κ3) is 7.06. The molecule has 5 nitrogen and oxygen atoms in total. The maximum atomic E-state index is 12.3. The third-order valence-corrected chi connectivity index (χ3v) is 5.97. The molecule has 0 amide bonds. The Hall–Kier alpha value is -0.190. The van der Waals surface area contributed by atoms with Gasteiger partial charge in [-0.15, -0.1) is 0 Å². The van der Waals surface area contributed by atoms with E-state index in [1.807, 2.05) is 12.2 Å². The maximum Gasteiger partial charge on any atom is 0.475 e. The lowest BCUT2D eigenvalue weighted by Gasteiger charge is -2.31. The highest BCUT2D eigenvalue weighted by atomic mass is 31.2. The summed E-state index contributed by atoms with van der Waals surface area (Å²) in [5, 5.41) is 9.90. The van der Waals surface area contributed by atoms with Gasteiger partial charge in [-0.3, -0.25) is 13.6 Å². The molecule has 6 heteroatoms. The summed E-state index contributed by atoms with van der Waals surface area (Å²) in [7, 11) is -3.35. The lowest BCUT2D eigenvalue weighted by molar-refractivity contribution is 0.00897. The van der Waals surface area contributed by atoms with Crippen LogP contribution in [0.4, 0.5) is 0 Å². The first-order valence-corrected chi connectivity index (χ1v) is 10.5. The molecule has 1 N–H and O–H groups in total. The summed E-state index contributed by atoms with van der Waals surface area (Å²) in [6.45, 7) is 2.46. The summed E-state index contributed by atoms with van der Waals surface area (Å²) in [4.78, 5) is 0. The van der Waals surface area contributed by atoms with Crippen molar-refractivity contribution in [3.63, 3.8) is 0 Å². The Bertz CT molecular complexity index is 412. The SMILES string of the molecule is CCCCC[C@@H](O)CCCCC[C@H]1C[C@@H]2C=CCO[P@](=O)(O1)O2. The average molecular weight is 346 g/mol. The summed E-state index contributed by atoms with van der Waals surface area (Å²) < 4.78 is 28.3. The molecule has 0 aromatic carbocycles. The van der Waals surface area contributed by atoms with Crippen LogP contribution in [0.15, 0.2) is 12.2 Å². The average Bonchev–Trinajstić information content (AvgIpc) is 2.64. The zero-order valence-electron chi connectivity index (χ0n) is 14.2. The molecule has 1 saturated heterocycles. The molecule has 23 heavy (non-hydrogen) atoms. The summed E-state index contributed by atoms with van der Waals surface area (Å²) in [5.74, 6) is 0. The number of hydrogen-bond acceptors (Lipinski definition) is 5. The first-order chi connectivity index (χ1) is 11.1. The highest BCUT2D eigenvalue weighted by Gasteiger charge is 2.40. The van der Waals surface area contributed by atoms with Crippen LogP contribution in [0.2, 0.25) is 0 Å². The van der Waals surface area contributed by atoms with Crippen LogP contribution in [-0.2, 0) is 18.1 Å². The van der Waals surface area contributed by atoms with Crippen molar-refractivity contribution in [3.8, 4) is 0 Å². The molecule has 4 atom stereocenters. The summed E-state index contributed by atoms with van der Waals surface area (Å²) in [5.41, 5.74) is 0. The van der Waals surface area contributed by atoms with Gasteiger partial charge in [0.15, 0.2) is 0 Å². The topological polar surface area (TPSA) is 65.0 Å². The molecule has 0 aromatic rings. The molecule has 2 aliphatic heterocycles. The minimum Gasteiger partial charge on any atom is -0.393 e. The van der Waals surface area contributed by atoms with Crippen LogP contribution in [0, 0.1) is 0 Å². The van der Waals surface area contributed by atoms with Gasteiger partial charge in [-0.05, 0) is 19.3 Å². The number of phosphoric acid groups is 1. The molecule has 0 unspecified atom stereocenters. The number of phosphoric ester groups is 1. The Kier molecular flexibility index (Phi) is 8.28. The first kappa shape index (κ1) is 19.1. The second kappa shape index (κ2) is 9.95. The van der Waals surface area contributed by atoms with E-state index in [0.29, 0.717) is 0 Å². The van der Waals surface area contributed by atoms with Crippen LogP contribution in [-0.4, -0.2) is 30.0 Å². The molecule has 2 rings (SSSR count). The number of unbranched alkanes of at least 4 members (excludes halogenated alkanes) is 4. The van der Waals surface area contributed by atoms with Crippen molar-refractivity contribution in [1.82, 2.24) is 0 Å². The summed E-state index contributed by atoms with van der Waals surface area (Å²) in [6.07, 6.45) is 13.5. The maximum absolute atomic E-state index is 12.3. The predicted molar refractivity (Wildman–Crippen MR) is 90.3 cm³/mol. The van der Waals surface area contributed by atoms with Crippen LogP contribution in [0.3, 0.4) is 0 Å². The first-order valence-electron chi connectivity index (χ1n) is 9.07. The van der Waals surface area contributed by atoms with Gasteiger partial charge in [0, 0.05) is 6.42 Å². The zero-order valence-corrected chi connectivity index (χ0v) is 15.1. The molecule has 1 fully saturated rings. The number of aliphatic hydroxyl groups is 1. The third-order valence-electron chi connectivity index (χ3n) is 4.42. The van der Waals surface area contributed by atoms with Crippen molar-refractivity contribution in [2.75, 3.05) is 6.61 Å². The van der Waals surface area contributed by atoms with Crippen LogP contribution >= 0.6 is 7.82 Å². The van der Waals surface area contributed by atoms with Gasteiger partial charge < -0.3 is 5.11 Å². The zero-order chi connectivity index (χ0) is 16.5. The monoisotopic (exact) mass is 346 g/mol. The molecule has 0 spiro atoms. The van der Waals surface area contributed by atoms with E-state index in [-0.39, 0.29) is 24.9 Å². The molecule has 0 aromatic heterocycles. The van der Waals surface area contributed by atoms with E-state index in [2.05, 4.69) is 6.92 Å². The van der Waals surface area contributed by atoms with Gasteiger partial charge in [-0.2, -0.15) is 0 Å². The number of hydrogen-bond donors (Lipinski definition) is 1. The van der Waals surface area contributed by atoms with E-state index in [1.165, 1.54) is 12.8 Å². The Morgan fingerprint density at radius 3 is 2.74 bits per heavy atom. The standard InChI is InChI=1S/C17H31O5P/c1-2-3-5-9-15(18)10-6-4-7-11-16-14-17-12-8-13-20-23(19,21-16)22-17/h8,12,15-18H,2-7,9-11,13-14H2,1H3/t15-,16+,17+,23-/m1/s1. The minimum atomic E-state index is -3.35. The van der Waals surface area contributed by atoms with Gasteiger partial charge in [-0.25, -0.2) is 4.57 Å². The fraction of sp³-hybridized carbons (Fsp3) is 0.882. The van der Waals surface area contributed by atoms with Crippen LogP contribution in [0.1, 0.15) is 71.1 Å². The minimum absolute atomic E-state index is 0.0585. The van der Waals surface area contributed by atoms with E-state index < -0.39 is 7.82 Å². The van der Waals surface area contributed by atoms with Crippen molar-refractivity contribution in [1.29, 1.82) is 0 Å². The smallest absolute Gasteiger partial charge is 0.393 e. The fourth-order valence-electron chi connectivity index (χ4n) is 3.11. The molecular formula is C17H31O5P. The Balaban J connectivity index is 1.58. The van der Waals surface area contributed by atoms with Gasteiger partial charge in [0.1, 0.15) is 0 Å². The van der Waals surface area contributed by atoms with Crippen molar-refractivity contribution in [2.24, 2.45) is 0 Å². The second-order valence-electron chi connectivity index (χ2n) is 6.57. The Morgan fingerprint density at radius 2 is 1.96 bits per heavy atom. The number of aliphatic hydroxyl groups excluding tert-OH is 1. The molecule has 0 saturated carbocycles. The van der Waals surface area contributed by atoms with Crippen LogP contribution in [0.25, 0.3) is 0 Å². The normalized spacial score (nSPS) is 31.7. The summed E-state index contributed by atoms with van der Waals surface area (Å²) >= 11 is 0. The van der Waals surface area contributed by atoms with E-state index >= 15 is 0 Å². The lowest BCUT2D eigenvalue weighted by atomic mass is 10.0. The molecule has 2 bridgehead atoms. The second-order valence-corrected chi connectivity index (χ2v) is 8.14. The van der Waals surface area contributed by atoms with Crippen molar-refractivity contribution >= 4 is 7.82 Å². The van der Waals surface area contributed by atoms with Crippen molar-refractivity contribution in [2.45, 2.75) is 89.4 Å².